The van der Waals surface area contributed by atoms with E-state index in [2.05, 4.69) is 13.5 Å². The molecule has 0 amide bonds. The van der Waals surface area contributed by atoms with Crippen molar-refractivity contribution in [3.63, 3.8) is 0 Å². The van der Waals surface area contributed by atoms with Gasteiger partial charge in [-0.2, -0.15) is 0 Å². The van der Waals surface area contributed by atoms with E-state index in [1.165, 1.54) is 44.6 Å². The van der Waals surface area contributed by atoms with Gasteiger partial charge in [-0.3, -0.25) is 0 Å². The Bertz CT molecular complexity index is 800. The Morgan fingerprint density at radius 1 is 0.966 bits per heavy atom. The molecule has 0 radical (unpaired) electrons. The number of halogens is 2. The molecule has 29 heavy (non-hydrogen) atoms. The minimum absolute atomic E-state index is 0.245. The van der Waals surface area contributed by atoms with Gasteiger partial charge in [0.2, 0.25) is 0 Å². The summed E-state index contributed by atoms with van der Waals surface area (Å²) >= 11 is 0. The Labute approximate surface area is 175 Å². The molecule has 1 fully saturated rings. The van der Waals surface area contributed by atoms with Gasteiger partial charge in [-0.25, -0.2) is 8.78 Å². The van der Waals surface area contributed by atoms with Crippen LogP contribution in [0.2, 0.25) is 0 Å². The zero-order valence-electron chi connectivity index (χ0n) is 17.7. The maximum absolute atomic E-state index is 14.9. The number of unbranched alkanes of at least 4 members (excludes halogenated alkanes) is 2. The van der Waals surface area contributed by atoms with Crippen molar-refractivity contribution in [2.75, 3.05) is 0 Å². The molecule has 1 aliphatic carbocycles. The monoisotopic (exact) mass is 396 g/mol. The maximum atomic E-state index is 14.9. The first-order chi connectivity index (χ1) is 14.1. The van der Waals surface area contributed by atoms with Crippen molar-refractivity contribution in [3.8, 4) is 11.1 Å². The lowest BCUT2D eigenvalue weighted by molar-refractivity contribution is 0.302. The van der Waals surface area contributed by atoms with E-state index in [9.17, 15) is 8.78 Å². The zero-order chi connectivity index (χ0) is 20.6. The van der Waals surface area contributed by atoms with Crippen LogP contribution in [0.25, 0.3) is 11.1 Å². The SMILES string of the molecule is C=CCCc1ccc(-c2ccc(C3CCC(CCCCC)CC3)cc2F)cc1F. The number of aryl methyl sites for hydroxylation is 1. The van der Waals surface area contributed by atoms with Crippen LogP contribution in [-0.2, 0) is 6.42 Å². The molecule has 0 aromatic heterocycles. The van der Waals surface area contributed by atoms with E-state index in [0.717, 1.165) is 30.7 Å². The predicted molar refractivity (Wildman–Crippen MR) is 119 cm³/mol. The molecular formula is C27H34F2. The van der Waals surface area contributed by atoms with E-state index < -0.39 is 0 Å². The third kappa shape index (κ3) is 5.78. The lowest BCUT2D eigenvalue weighted by Crippen LogP contribution is -2.13. The topological polar surface area (TPSA) is 0 Å². The van der Waals surface area contributed by atoms with Crippen LogP contribution >= 0.6 is 0 Å². The third-order valence-corrected chi connectivity index (χ3v) is 6.51. The largest absolute Gasteiger partial charge is 0.207 e. The minimum atomic E-state index is -0.269. The Balaban J connectivity index is 1.65. The summed E-state index contributed by atoms with van der Waals surface area (Å²) in [7, 11) is 0. The number of allylic oxidation sites excluding steroid dienone is 1. The molecule has 0 atom stereocenters. The molecule has 0 bridgehead atoms. The third-order valence-electron chi connectivity index (χ3n) is 6.51. The molecule has 1 aliphatic rings. The van der Waals surface area contributed by atoms with Gasteiger partial charge in [0, 0.05) is 5.56 Å². The highest BCUT2D eigenvalue weighted by atomic mass is 19.1. The fraction of sp³-hybridized carbons (Fsp3) is 0.481. The molecule has 0 N–H and O–H groups in total. The Morgan fingerprint density at radius 2 is 1.76 bits per heavy atom. The highest BCUT2D eigenvalue weighted by molar-refractivity contribution is 5.65. The first kappa shape index (κ1) is 21.7. The molecule has 0 nitrogen and oxygen atoms in total. The van der Waals surface area contributed by atoms with Crippen molar-refractivity contribution in [2.24, 2.45) is 5.92 Å². The molecule has 0 aliphatic heterocycles. The van der Waals surface area contributed by atoms with Crippen LogP contribution in [0.1, 0.15) is 81.8 Å². The second kappa shape index (κ2) is 10.7. The summed E-state index contributed by atoms with van der Waals surface area (Å²) in [6.07, 6.45) is 13.3. The van der Waals surface area contributed by atoms with Gasteiger partial charge < -0.3 is 0 Å². The van der Waals surface area contributed by atoms with Gasteiger partial charge in [0.1, 0.15) is 11.6 Å². The number of hydrogen-bond donors (Lipinski definition) is 0. The van der Waals surface area contributed by atoms with Crippen LogP contribution in [0.3, 0.4) is 0 Å². The average molecular weight is 397 g/mol. The highest BCUT2D eigenvalue weighted by Crippen LogP contribution is 2.39. The molecule has 2 aromatic carbocycles. The fourth-order valence-electron chi connectivity index (χ4n) is 4.66. The first-order valence-electron chi connectivity index (χ1n) is 11.3. The van der Waals surface area contributed by atoms with Crippen LogP contribution in [0, 0.1) is 17.6 Å². The fourth-order valence-corrected chi connectivity index (χ4v) is 4.66. The van der Waals surface area contributed by atoms with Gasteiger partial charge in [-0.1, -0.05) is 62.9 Å². The van der Waals surface area contributed by atoms with Gasteiger partial charge in [-0.05, 0) is 79.2 Å². The van der Waals surface area contributed by atoms with E-state index in [4.69, 9.17) is 0 Å². The molecule has 0 heterocycles. The van der Waals surface area contributed by atoms with Crippen molar-refractivity contribution < 1.29 is 8.78 Å². The van der Waals surface area contributed by atoms with E-state index >= 15 is 0 Å². The molecule has 2 heteroatoms. The zero-order valence-corrected chi connectivity index (χ0v) is 17.7. The van der Waals surface area contributed by atoms with E-state index in [1.807, 2.05) is 18.2 Å². The summed E-state index contributed by atoms with van der Waals surface area (Å²) in [5.74, 6) is 0.795. The van der Waals surface area contributed by atoms with Crippen LogP contribution in [-0.4, -0.2) is 0 Å². The maximum Gasteiger partial charge on any atom is 0.131 e. The molecule has 0 spiro atoms. The Hall–Kier alpha value is -1.96. The van der Waals surface area contributed by atoms with Crippen LogP contribution in [0.4, 0.5) is 8.78 Å². The van der Waals surface area contributed by atoms with Gasteiger partial charge in [0.15, 0.2) is 0 Å². The summed E-state index contributed by atoms with van der Waals surface area (Å²) in [5, 5.41) is 0. The summed E-state index contributed by atoms with van der Waals surface area (Å²) < 4.78 is 29.2. The molecule has 0 unspecified atom stereocenters. The molecule has 156 valence electrons. The summed E-state index contributed by atoms with van der Waals surface area (Å²) in [6.45, 7) is 5.93. The normalized spacial score (nSPS) is 19.3. The summed E-state index contributed by atoms with van der Waals surface area (Å²) in [5.41, 5.74) is 2.84. The van der Waals surface area contributed by atoms with Crippen molar-refractivity contribution in [2.45, 2.75) is 77.0 Å². The van der Waals surface area contributed by atoms with Crippen LogP contribution < -0.4 is 0 Å². The summed E-state index contributed by atoms with van der Waals surface area (Å²) in [6, 6.07) is 10.6. The summed E-state index contributed by atoms with van der Waals surface area (Å²) in [4.78, 5) is 0. The average Bonchev–Trinajstić information content (AvgIpc) is 2.73. The van der Waals surface area contributed by atoms with Gasteiger partial charge in [-0.15, -0.1) is 6.58 Å². The molecule has 2 aromatic rings. The molecule has 0 saturated heterocycles. The Kier molecular flexibility index (Phi) is 8.03. The highest BCUT2D eigenvalue weighted by Gasteiger charge is 2.23. The number of rotatable bonds is 9. The number of benzene rings is 2. The molecule has 3 rings (SSSR count). The second-order valence-corrected chi connectivity index (χ2v) is 8.59. The van der Waals surface area contributed by atoms with Crippen LogP contribution in [0.5, 0.6) is 0 Å². The van der Waals surface area contributed by atoms with Gasteiger partial charge in [0.05, 0.1) is 0 Å². The molecular weight excluding hydrogens is 362 g/mol. The second-order valence-electron chi connectivity index (χ2n) is 8.59. The van der Waals surface area contributed by atoms with Crippen molar-refractivity contribution >= 4 is 0 Å². The molecule has 1 saturated carbocycles. The first-order valence-corrected chi connectivity index (χ1v) is 11.3. The predicted octanol–water partition coefficient (Wildman–Crippen LogP) is 8.60. The lowest BCUT2D eigenvalue weighted by atomic mass is 9.77. The van der Waals surface area contributed by atoms with E-state index in [-0.39, 0.29) is 11.6 Å². The standard InChI is InChI=1S/C27H34F2/c1-3-5-7-8-20-10-12-21(13-11-20)23-16-17-25(27(29)18-23)24-15-14-22(9-6-4-2)26(28)19-24/h4,14-21H,2-3,5-13H2,1H3. The number of hydrogen-bond acceptors (Lipinski definition) is 0. The quantitative estimate of drug-likeness (QED) is 0.294. The Morgan fingerprint density at radius 3 is 2.41 bits per heavy atom. The minimum Gasteiger partial charge on any atom is -0.207 e. The van der Waals surface area contributed by atoms with E-state index in [0.29, 0.717) is 29.0 Å². The smallest absolute Gasteiger partial charge is 0.131 e. The van der Waals surface area contributed by atoms with E-state index in [1.54, 1.807) is 18.2 Å². The van der Waals surface area contributed by atoms with Gasteiger partial charge in [0.25, 0.3) is 0 Å². The van der Waals surface area contributed by atoms with Crippen molar-refractivity contribution in [1.29, 1.82) is 0 Å². The lowest BCUT2D eigenvalue weighted by Gasteiger charge is -2.29. The van der Waals surface area contributed by atoms with Crippen molar-refractivity contribution in [3.05, 3.63) is 71.8 Å². The van der Waals surface area contributed by atoms with Crippen molar-refractivity contribution in [1.82, 2.24) is 0 Å². The van der Waals surface area contributed by atoms with Crippen LogP contribution in [0.15, 0.2) is 49.1 Å². The van der Waals surface area contributed by atoms with Gasteiger partial charge >= 0.3 is 0 Å².